The van der Waals surface area contributed by atoms with Gasteiger partial charge in [-0.3, -0.25) is 0 Å². The number of nitrogens with zero attached hydrogens (tertiary/aromatic N) is 2. The van der Waals surface area contributed by atoms with E-state index in [2.05, 4.69) is 18.9 Å². The van der Waals surface area contributed by atoms with E-state index in [1.165, 1.54) is 0 Å². The molecule has 17 heavy (non-hydrogen) atoms. The summed E-state index contributed by atoms with van der Waals surface area (Å²) >= 11 is 5.98. The Labute approximate surface area is 106 Å². The minimum Gasteiger partial charge on any atom is -0.390 e. The molecule has 3 nitrogen and oxygen atoms in total. The van der Waals surface area contributed by atoms with Crippen molar-refractivity contribution in [1.29, 1.82) is 0 Å². The summed E-state index contributed by atoms with van der Waals surface area (Å²) in [5.74, 6) is 0.335. The maximum atomic E-state index is 9.16. The lowest BCUT2D eigenvalue weighted by molar-refractivity contribution is 0.276. The molecule has 1 N–H and O–H groups in total. The molecular formula is C13H15ClN2O. The van der Waals surface area contributed by atoms with Crippen molar-refractivity contribution in [3.05, 3.63) is 46.7 Å². The molecule has 1 aromatic carbocycles. The van der Waals surface area contributed by atoms with Gasteiger partial charge in [-0.25, -0.2) is 4.68 Å². The van der Waals surface area contributed by atoms with Crippen molar-refractivity contribution in [2.75, 3.05) is 0 Å². The van der Waals surface area contributed by atoms with Crippen molar-refractivity contribution < 1.29 is 5.11 Å². The zero-order valence-corrected chi connectivity index (χ0v) is 10.6. The first-order chi connectivity index (χ1) is 8.11. The maximum absolute atomic E-state index is 9.16. The fraction of sp³-hybridized carbons (Fsp3) is 0.308. The summed E-state index contributed by atoms with van der Waals surface area (Å²) in [4.78, 5) is 0. The van der Waals surface area contributed by atoms with Gasteiger partial charge in [-0.05, 0) is 30.2 Å². The highest BCUT2D eigenvalue weighted by Crippen LogP contribution is 2.22. The summed E-state index contributed by atoms with van der Waals surface area (Å²) in [5.41, 5.74) is 2.66. The fourth-order valence-electron chi connectivity index (χ4n) is 1.75. The molecule has 0 aliphatic rings. The smallest absolute Gasteiger partial charge is 0.0886 e. The van der Waals surface area contributed by atoms with Crippen LogP contribution in [0.5, 0.6) is 0 Å². The van der Waals surface area contributed by atoms with Crippen LogP contribution in [-0.4, -0.2) is 14.9 Å². The molecule has 0 aliphatic carbocycles. The first-order valence-electron chi connectivity index (χ1n) is 5.57. The van der Waals surface area contributed by atoms with Crippen LogP contribution in [0.2, 0.25) is 5.02 Å². The van der Waals surface area contributed by atoms with Crippen molar-refractivity contribution in [3.8, 4) is 5.69 Å². The Balaban J connectivity index is 2.53. The number of rotatable bonds is 3. The Morgan fingerprint density at radius 1 is 1.35 bits per heavy atom. The predicted molar refractivity (Wildman–Crippen MR) is 68.6 cm³/mol. The molecular weight excluding hydrogens is 236 g/mol. The summed E-state index contributed by atoms with van der Waals surface area (Å²) in [6.07, 6.45) is 0. The SMILES string of the molecule is CC(C)c1cc(CO)nn1-c1cccc(Cl)c1. The molecule has 0 saturated carbocycles. The predicted octanol–water partition coefficient (Wildman–Crippen LogP) is 3.14. The van der Waals surface area contributed by atoms with E-state index < -0.39 is 0 Å². The number of hydrogen-bond acceptors (Lipinski definition) is 2. The molecule has 90 valence electrons. The van der Waals surface area contributed by atoms with E-state index in [1.807, 2.05) is 35.0 Å². The zero-order valence-electron chi connectivity index (χ0n) is 9.89. The molecule has 1 aromatic heterocycles. The molecule has 0 spiro atoms. The molecule has 0 aliphatic heterocycles. The molecule has 0 unspecified atom stereocenters. The Hall–Kier alpha value is -1.32. The summed E-state index contributed by atoms with van der Waals surface area (Å²) in [6, 6.07) is 9.46. The third-order valence-corrected chi connectivity index (χ3v) is 2.83. The second kappa shape index (κ2) is 4.90. The number of halogens is 1. The molecule has 1 heterocycles. The van der Waals surface area contributed by atoms with Crippen molar-refractivity contribution >= 4 is 11.6 Å². The minimum atomic E-state index is -0.0483. The standard InChI is InChI=1S/C13H15ClN2O/c1-9(2)13-7-11(8-17)15-16(13)12-5-3-4-10(14)6-12/h3-7,9,17H,8H2,1-2H3. The topological polar surface area (TPSA) is 38.1 Å². The highest BCUT2D eigenvalue weighted by molar-refractivity contribution is 6.30. The highest BCUT2D eigenvalue weighted by atomic mass is 35.5. The number of aliphatic hydroxyl groups excluding tert-OH is 1. The first kappa shape index (κ1) is 12.1. The molecule has 0 saturated heterocycles. The van der Waals surface area contributed by atoms with Gasteiger partial charge in [0.05, 0.1) is 18.0 Å². The molecule has 0 atom stereocenters. The van der Waals surface area contributed by atoms with Crippen LogP contribution in [0.1, 0.15) is 31.2 Å². The molecule has 0 fully saturated rings. The number of aromatic nitrogens is 2. The van der Waals surface area contributed by atoms with Gasteiger partial charge in [-0.1, -0.05) is 31.5 Å². The normalized spacial score (nSPS) is 11.1. The van der Waals surface area contributed by atoms with E-state index in [1.54, 1.807) is 0 Å². The largest absolute Gasteiger partial charge is 0.390 e. The number of hydrogen-bond donors (Lipinski definition) is 1. The van der Waals surface area contributed by atoms with E-state index in [0.717, 1.165) is 11.4 Å². The molecule has 4 heteroatoms. The van der Waals surface area contributed by atoms with Gasteiger partial charge in [-0.2, -0.15) is 5.10 Å². The summed E-state index contributed by atoms with van der Waals surface area (Å²) in [7, 11) is 0. The second-order valence-corrected chi connectivity index (χ2v) is 4.70. The minimum absolute atomic E-state index is 0.0483. The van der Waals surface area contributed by atoms with Crippen molar-refractivity contribution in [1.82, 2.24) is 9.78 Å². The monoisotopic (exact) mass is 250 g/mol. The zero-order chi connectivity index (χ0) is 12.4. The van der Waals surface area contributed by atoms with E-state index in [-0.39, 0.29) is 6.61 Å². The second-order valence-electron chi connectivity index (χ2n) is 4.27. The van der Waals surface area contributed by atoms with Gasteiger partial charge in [0.1, 0.15) is 0 Å². The summed E-state index contributed by atoms with van der Waals surface area (Å²) in [5, 5.41) is 14.2. The van der Waals surface area contributed by atoms with Gasteiger partial charge in [0, 0.05) is 10.7 Å². The number of aliphatic hydroxyl groups is 1. The first-order valence-corrected chi connectivity index (χ1v) is 5.95. The van der Waals surface area contributed by atoms with Crippen molar-refractivity contribution in [2.45, 2.75) is 26.4 Å². The molecule has 2 rings (SSSR count). The van der Waals surface area contributed by atoms with Crippen LogP contribution in [-0.2, 0) is 6.61 Å². The molecule has 0 bridgehead atoms. The molecule has 2 aromatic rings. The fourth-order valence-corrected chi connectivity index (χ4v) is 1.93. The van der Waals surface area contributed by atoms with Crippen LogP contribution < -0.4 is 0 Å². The lowest BCUT2D eigenvalue weighted by Gasteiger charge is -2.10. The van der Waals surface area contributed by atoms with E-state index in [9.17, 15) is 0 Å². The van der Waals surface area contributed by atoms with Crippen LogP contribution in [0.4, 0.5) is 0 Å². The quantitative estimate of drug-likeness (QED) is 0.909. The summed E-state index contributed by atoms with van der Waals surface area (Å²) in [6.45, 7) is 4.14. The van der Waals surface area contributed by atoms with E-state index in [4.69, 9.17) is 16.7 Å². The third-order valence-electron chi connectivity index (χ3n) is 2.59. The van der Waals surface area contributed by atoms with Gasteiger partial charge >= 0.3 is 0 Å². The van der Waals surface area contributed by atoms with Gasteiger partial charge < -0.3 is 5.11 Å². The maximum Gasteiger partial charge on any atom is 0.0886 e. The van der Waals surface area contributed by atoms with E-state index >= 15 is 0 Å². The lowest BCUT2D eigenvalue weighted by Crippen LogP contribution is -2.03. The Morgan fingerprint density at radius 2 is 2.12 bits per heavy atom. The summed E-state index contributed by atoms with van der Waals surface area (Å²) < 4.78 is 1.84. The van der Waals surface area contributed by atoms with Gasteiger partial charge in [0.25, 0.3) is 0 Å². The van der Waals surface area contributed by atoms with E-state index in [0.29, 0.717) is 16.6 Å². The van der Waals surface area contributed by atoms with Crippen LogP contribution in [0.15, 0.2) is 30.3 Å². The van der Waals surface area contributed by atoms with Gasteiger partial charge in [0.2, 0.25) is 0 Å². The Morgan fingerprint density at radius 3 is 2.71 bits per heavy atom. The third kappa shape index (κ3) is 2.51. The van der Waals surface area contributed by atoms with Gasteiger partial charge in [-0.15, -0.1) is 0 Å². The van der Waals surface area contributed by atoms with Crippen LogP contribution in [0.25, 0.3) is 5.69 Å². The number of benzene rings is 1. The highest BCUT2D eigenvalue weighted by Gasteiger charge is 2.12. The van der Waals surface area contributed by atoms with Crippen LogP contribution in [0.3, 0.4) is 0 Å². The van der Waals surface area contributed by atoms with Crippen molar-refractivity contribution in [2.24, 2.45) is 0 Å². The molecule has 0 radical (unpaired) electrons. The average molecular weight is 251 g/mol. The average Bonchev–Trinajstić information content (AvgIpc) is 2.73. The lowest BCUT2D eigenvalue weighted by atomic mass is 10.1. The Kier molecular flexibility index (Phi) is 3.50. The van der Waals surface area contributed by atoms with Gasteiger partial charge in [0.15, 0.2) is 0 Å². The van der Waals surface area contributed by atoms with Crippen LogP contribution in [0, 0.1) is 0 Å². The molecule has 0 amide bonds. The Bertz CT molecular complexity index is 520. The van der Waals surface area contributed by atoms with Crippen LogP contribution >= 0.6 is 11.6 Å². The van der Waals surface area contributed by atoms with Crippen molar-refractivity contribution in [3.63, 3.8) is 0 Å².